The minimum atomic E-state index is -0.259. The minimum absolute atomic E-state index is 0.259. The summed E-state index contributed by atoms with van der Waals surface area (Å²) in [5.74, 6) is -0.259. The summed E-state index contributed by atoms with van der Waals surface area (Å²) < 4.78 is 0. The summed E-state index contributed by atoms with van der Waals surface area (Å²) in [4.78, 5) is 16.3. The summed E-state index contributed by atoms with van der Waals surface area (Å²) in [5, 5.41) is 6.93. The number of carbonyl (C=O) groups excluding carboxylic acids is 1. The van der Waals surface area contributed by atoms with E-state index in [1.54, 1.807) is 30.5 Å². The Hall–Kier alpha value is -1.78. The van der Waals surface area contributed by atoms with Gasteiger partial charge in [0, 0.05) is 34.7 Å². The molecule has 0 saturated carbocycles. The molecule has 22 heavy (non-hydrogen) atoms. The average molecular weight is 338 g/mol. The fourth-order valence-electron chi connectivity index (χ4n) is 1.90. The number of rotatable bonds is 6. The number of amides is 1. The predicted molar refractivity (Wildman–Crippen MR) is 92.0 cm³/mol. The van der Waals surface area contributed by atoms with E-state index in [2.05, 4.69) is 22.5 Å². The summed E-state index contributed by atoms with van der Waals surface area (Å²) >= 11 is 11.8. The Morgan fingerprint density at radius 3 is 2.50 bits per heavy atom. The van der Waals surface area contributed by atoms with E-state index >= 15 is 0 Å². The Labute approximate surface area is 139 Å². The van der Waals surface area contributed by atoms with Gasteiger partial charge in [-0.3, -0.25) is 9.78 Å². The second-order valence-corrected chi connectivity index (χ2v) is 5.73. The lowest BCUT2D eigenvalue weighted by Crippen LogP contribution is -2.13. The van der Waals surface area contributed by atoms with E-state index in [0.29, 0.717) is 21.3 Å². The fraction of sp³-hybridized carbons (Fsp3) is 0.250. The number of halogens is 2. The average Bonchev–Trinajstić information content (AvgIpc) is 2.47. The van der Waals surface area contributed by atoms with Crippen molar-refractivity contribution < 1.29 is 4.79 Å². The Bertz CT molecular complexity index is 641. The largest absolute Gasteiger partial charge is 0.384 e. The van der Waals surface area contributed by atoms with Gasteiger partial charge in [0.05, 0.1) is 11.3 Å². The third-order valence-corrected chi connectivity index (χ3v) is 3.42. The van der Waals surface area contributed by atoms with Crippen LogP contribution in [-0.2, 0) is 0 Å². The maximum atomic E-state index is 12.3. The van der Waals surface area contributed by atoms with Crippen LogP contribution in [0, 0.1) is 0 Å². The first-order valence-electron chi connectivity index (χ1n) is 7.05. The molecule has 0 unspecified atom stereocenters. The number of benzene rings is 1. The molecule has 0 atom stereocenters. The lowest BCUT2D eigenvalue weighted by Gasteiger charge is -2.09. The zero-order valence-corrected chi connectivity index (χ0v) is 13.7. The van der Waals surface area contributed by atoms with E-state index in [1.165, 1.54) is 6.20 Å². The predicted octanol–water partition coefficient (Wildman–Crippen LogP) is 4.85. The zero-order chi connectivity index (χ0) is 15.9. The number of pyridine rings is 1. The van der Waals surface area contributed by atoms with Gasteiger partial charge in [0.15, 0.2) is 0 Å². The monoisotopic (exact) mass is 337 g/mol. The van der Waals surface area contributed by atoms with E-state index in [9.17, 15) is 4.79 Å². The molecule has 0 aliphatic carbocycles. The molecule has 0 aliphatic heterocycles. The van der Waals surface area contributed by atoms with Gasteiger partial charge in [0.25, 0.3) is 5.91 Å². The van der Waals surface area contributed by atoms with Crippen LogP contribution in [0.1, 0.15) is 30.1 Å². The molecule has 1 aromatic carbocycles. The van der Waals surface area contributed by atoms with E-state index < -0.39 is 0 Å². The van der Waals surface area contributed by atoms with Crippen molar-refractivity contribution in [1.82, 2.24) is 4.98 Å². The Morgan fingerprint density at radius 2 is 1.82 bits per heavy atom. The molecular weight excluding hydrogens is 321 g/mol. The maximum Gasteiger partial charge on any atom is 0.257 e. The van der Waals surface area contributed by atoms with Crippen LogP contribution in [0.4, 0.5) is 11.4 Å². The van der Waals surface area contributed by atoms with Gasteiger partial charge in [0.1, 0.15) is 0 Å². The number of nitrogens with one attached hydrogen (secondary N) is 2. The summed E-state index contributed by atoms with van der Waals surface area (Å²) in [6, 6.07) is 6.66. The van der Waals surface area contributed by atoms with Crippen LogP contribution in [0.5, 0.6) is 0 Å². The molecule has 2 aromatic rings. The normalized spacial score (nSPS) is 10.3. The van der Waals surface area contributed by atoms with E-state index in [4.69, 9.17) is 23.2 Å². The Kier molecular flexibility index (Phi) is 6.04. The lowest BCUT2D eigenvalue weighted by atomic mass is 10.2. The van der Waals surface area contributed by atoms with Crippen molar-refractivity contribution in [3.63, 3.8) is 0 Å². The van der Waals surface area contributed by atoms with Crippen molar-refractivity contribution >= 4 is 40.5 Å². The van der Waals surface area contributed by atoms with Crippen molar-refractivity contribution in [2.24, 2.45) is 0 Å². The molecule has 0 spiro atoms. The van der Waals surface area contributed by atoms with Crippen molar-refractivity contribution in [1.29, 1.82) is 0 Å². The highest BCUT2D eigenvalue weighted by molar-refractivity contribution is 6.35. The fourth-order valence-corrected chi connectivity index (χ4v) is 2.43. The second-order valence-electron chi connectivity index (χ2n) is 4.85. The van der Waals surface area contributed by atoms with Crippen LogP contribution >= 0.6 is 23.2 Å². The van der Waals surface area contributed by atoms with Gasteiger partial charge in [-0.15, -0.1) is 0 Å². The lowest BCUT2D eigenvalue weighted by molar-refractivity contribution is 0.102. The molecule has 2 rings (SSSR count). The van der Waals surface area contributed by atoms with Crippen LogP contribution in [0.15, 0.2) is 36.7 Å². The van der Waals surface area contributed by atoms with E-state index in [0.717, 1.165) is 25.1 Å². The Morgan fingerprint density at radius 1 is 1.09 bits per heavy atom. The molecule has 4 nitrogen and oxygen atoms in total. The third kappa shape index (κ3) is 4.90. The third-order valence-electron chi connectivity index (χ3n) is 2.98. The highest BCUT2D eigenvalue weighted by atomic mass is 35.5. The highest BCUT2D eigenvalue weighted by Gasteiger charge is 2.08. The van der Waals surface area contributed by atoms with E-state index in [1.807, 2.05) is 0 Å². The van der Waals surface area contributed by atoms with Crippen LogP contribution in [0.25, 0.3) is 0 Å². The number of unbranched alkanes of at least 4 members (excludes halogenated alkanes) is 1. The first kappa shape index (κ1) is 16.6. The number of hydrogen-bond donors (Lipinski definition) is 2. The van der Waals surface area contributed by atoms with Gasteiger partial charge in [-0.25, -0.2) is 0 Å². The van der Waals surface area contributed by atoms with Crippen molar-refractivity contribution in [2.75, 3.05) is 17.2 Å². The summed E-state index contributed by atoms with van der Waals surface area (Å²) in [6.45, 7) is 2.98. The zero-order valence-electron chi connectivity index (χ0n) is 12.2. The van der Waals surface area contributed by atoms with Crippen molar-refractivity contribution in [3.8, 4) is 0 Å². The number of hydrogen-bond acceptors (Lipinski definition) is 3. The number of aromatic nitrogens is 1. The molecule has 6 heteroatoms. The van der Waals surface area contributed by atoms with E-state index in [-0.39, 0.29) is 5.91 Å². The Balaban J connectivity index is 2.07. The molecule has 0 fully saturated rings. The van der Waals surface area contributed by atoms with Crippen LogP contribution in [-0.4, -0.2) is 17.4 Å². The minimum Gasteiger partial charge on any atom is -0.384 e. The summed E-state index contributed by atoms with van der Waals surface area (Å²) in [6.07, 6.45) is 5.39. The highest BCUT2D eigenvalue weighted by Crippen LogP contribution is 2.23. The standard InChI is InChI=1S/C16H17Cl2N3O/c1-2-3-4-20-15-5-11(9-19-10-15)16(22)21-14-7-12(17)6-13(18)8-14/h5-10,20H,2-4H2,1H3,(H,21,22). The molecule has 1 heterocycles. The van der Waals surface area contributed by atoms with Crippen molar-refractivity contribution in [2.45, 2.75) is 19.8 Å². The topological polar surface area (TPSA) is 54.0 Å². The SMILES string of the molecule is CCCCNc1cncc(C(=O)Nc2cc(Cl)cc(Cl)c2)c1. The number of anilines is 2. The van der Waals surface area contributed by atoms with Gasteiger partial charge in [-0.05, 0) is 30.7 Å². The number of nitrogens with zero attached hydrogens (tertiary/aromatic N) is 1. The van der Waals surface area contributed by atoms with Crippen LogP contribution < -0.4 is 10.6 Å². The van der Waals surface area contributed by atoms with Crippen LogP contribution in [0.2, 0.25) is 10.0 Å². The molecule has 0 saturated heterocycles. The molecule has 1 aromatic heterocycles. The number of carbonyl (C=O) groups is 1. The van der Waals surface area contributed by atoms with Gasteiger partial charge in [-0.2, -0.15) is 0 Å². The van der Waals surface area contributed by atoms with Crippen molar-refractivity contribution in [3.05, 3.63) is 52.3 Å². The van der Waals surface area contributed by atoms with Gasteiger partial charge in [0.2, 0.25) is 0 Å². The molecule has 0 bridgehead atoms. The summed E-state index contributed by atoms with van der Waals surface area (Å²) in [7, 11) is 0. The molecule has 116 valence electrons. The molecular formula is C16H17Cl2N3O. The molecule has 2 N–H and O–H groups in total. The smallest absolute Gasteiger partial charge is 0.257 e. The molecule has 0 aliphatic rings. The second kappa shape index (κ2) is 8.01. The first-order valence-corrected chi connectivity index (χ1v) is 7.80. The summed E-state index contributed by atoms with van der Waals surface area (Å²) in [5.41, 5.74) is 1.84. The quantitative estimate of drug-likeness (QED) is 0.740. The molecule has 0 radical (unpaired) electrons. The van der Waals surface area contributed by atoms with Gasteiger partial charge >= 0.3 is 0 Å². The molecule has 1 amide bonds. The van der Waals surface area contributed by atoms with Crippen LogP contribution in [0.3, 0.4) is 0 Å². The first-order chi connectivity index (χ1) is 10.6. The van der Waals surface area contributed by atoms with Gasteiger partial charge in [-0.1, -0.05) is 36.5 Å². The maximum absolute atomic E-state index is 12.3. The van der Waals surface area contributed by atoms with Gasteiger partial charge < -0.3 is 10.6 Å².